The van der Waals surface area contributed by atoms with Crippen LogP contribution >= 0.6 is 11.6 Å². The molecule has 4 rings (SSSR count). The van der Waals surface area contributed by atoms with E-state index in [2.05, 4.69) is 20.2 Å². The third-order valence-electron chi connectivity index (χ3n) is 4.50. The van der Waals surface area contributed by atoms with E-state index in [0.717, 1.165) is 5.39 Å². The number of hydrazone groups is 1. The number of fused-ring (bicyclic) bond motifs is 2. The molecule has 0 atom stereocenters. The monoisotopic (exact) mass is 458 g/mol. The van der Waals surface area contributed by atoms with Crippen molar-refractivity contribution in [3.05, 3.63) is 70.5 Å². The van der Waals surface area contributed by atoms with Crippen LogP contribution < -0.4 is 14.9 Å². The van der Waals surface area contributed by atoms with Gasteiger partial charge in [-0.2, -0.15) is 5.10 Å². The summed E-state index contributed by atoms with van der Waals surface area (Å²) >= 11 is 6.17. The lowest BCUT2D eigenvalue weighted by molar-refractivity contribution is -0.117. The van der Waals surface area contributed by atoms with Crippen molar-refractivity contribution < 1.29 is 23.1 Å². The minimum absolute atomic E-state index is 0.0195. The largest absolute Gasteiger partial charge is 0.505 e. The van der Waals surface area contributed by atoms with Gasteiger partial charge in [-0.25, -0.2) is 18.8 Å². The van der Waals surface area contributed by atoms with E-state index < -0.39 is 27.4 Å². The zero-order chi connectivity index (χ0) is 22.2. The van der Waals surface area contributed by atoms with Crippen molar-refractivity contribution in [2.24, 2.45) is 5.10 Å². The van der Waals surface area contributed by atoms with Crippen molar-refractivity contribution in [3.8, 4) is 5.75 Å². The summed E-state index contributed by atoms with van der Waals surface area (Å²) in [7, 11) is -2.46. The summed E-state index contributed by atoms with van der Waals surface area (Å²) in [6, 6.07) is 12.8. The third-order valence-corrected chi connectivity index (χ3v) is 6.21. The number of amides is 1. The van der Waals surface area contributed by atoms with Crippen LogP contribution in [0.1, 0.15) is 11.1 Å². The number of methoxy groups -OCH3 is 1. The molecule has 158 valence electrons. The summed E-state index contributed by atoms with van der Waals surface area (Å²) in [5, 5.41) is 15.1. The number of carbonyl (C=O) groups is 1. The van der Waals surface area contributed by atoms with Gasteiger partial charge in [-0.1, -0.05) is 23.7 Å². The van der Waals surface area contributed by atoms with E-state index in [0.29, 0.717) is 16.8 Å². The van der Waals surface area contributed by atoms with Gasteiger partial charge in [0.1, 0.15) is 10.9 Å². The molecule has 3 aromatic rings. The lowest BCUT2D eigenvalue weighted by Crippen LogP contribution is -2.37. The Morgan fingerprint density at radius 2 is 2.03 bits per heavy atom. The molecule has 0 saturated carbocycles. The zero-order valence-electron chi connectivity index (χ0n) is 16.0. The predicted molar refractivity (Wildman–Crippen MR) is 115 cm³/mol. The average Bonchev–Trinajstić information content (AvgIpc) is 2.76. The Kier molecular flexibility index (Phi) is 5.25. The number of carbonyl (C=O) groups excluding carboxylic acids is 1. The van der Waals surface area contributed by atoms with Gasteiger partial charge < -0.3 is 9.84 Å². The summed E-state index contributed by atoms with van der Waals surface area (Å²) in [5.74, 6) is -0.811. The molecule has 1 aliphatic heterocycles. The summed E-state index contributed by atoms with van der Waals surface area (Å²) in [4.78, 5) is 16.6. The highest BCUT2D eigenvalue weighted by Gasteiger charge is 2.32. The number of aliphatic hydroxyl groups is 1. The van der Waals surface area contributed by atoms with Gasteiger partial charge in [-0.05, 0) is 36.4 Å². The topological polar surface area (TPSA) is 130 Å². The highest BCUT2D eigenvalue weighted by molar-refractivity contribution is 7.89. The number of aromatic nitrogens is 1. The van der Waals surface area contributed by atoms with Crippen molar-refractivity contribution in [1.82, 2.24) is 15.1 Å². The Balaban J connectivity index is 1.60. The number of sulfonamides is 1. The SMILES string of the molecule is COc1ccc2nc(Cl)c(/C=N/NC(=O)C3=C(O)c4ccccc4S(=O)(=O)N3)cc2c1. The maximum absolute atomic E-state index is 12.4. The molecule has 9 nitrogen and oxygen atoms in total. The van der Waals surface area contributed by atoms with E-state index in [9.17, 15) is 18.3 Å². The highest BCUT2D eigenvalue weighted by Crippen LogP contribution is 2.28. The normalized spacial score (nSPS) is 14.9. The predicted octanol–water partition coefficient (Wildman–Crippen LogP) is 2.57. The van der Waals surface area contributed by atoms with E-state index in [4.69, 9.17) is 16.3 Å². The van der Waals surface area contributed by atoms with E-state index in [1.807, 2.05) is 0 Å². The first-order valence-corrected chi connectivity index (χ1v) is 10.7. The minimum atomic E-state index is -4.01. The Morgan fingerprint density at radius 1 is 1.26 bits per heavy atom. The number of aliphatic hydroxyl groups excluding tert-OH is 1. The molecule has 1 aromatic heterocycles. The first-order chi connectivity index (χ1) is 14.8. The summed E-state index contributed by atoms with van der Waals surface area (Å²) in [6.07, 6.45) is 1.26. The van der Waals surface area contributed by atoms with Gasteiger partial charge >= 0.3 is 0 Å². The molecular formula is C20H15ClN4O5S. The second-order valence-corrected chi connectivity index (χ2v) is 8.46. The fourth-order valence-electron chi connectivity index (χ4n) is 3.00. The van der Waals surface area contributed by atoms with E-state index in [1.54, 1.807) is 37.4 Å². The van der Waals surface area contributed by atoms with Crippen molar-refractivity contribution in [2.45, 2.75) is 4.90 Å². The molecular weight excluding hydrogens is 444 g/mol. The molecule has 1 aliphatic rings. The van der Waals surface area contributed by atoms with Crippen LogP contribution in [0, 0.1) is 0 Å². The van der Waals surface area contributed by atoms with Gasteiger partial charge in [-0.15, -0.1) is 0 Å². The standard InChI is InChI=1S/C20H15ClN4O5S/c1-30-13-6-7-15-11(9-13)8-12(19(21)23-15)10-22-24-20(27)17-18(26)14-4-2-3-5-16(14)31(28,29)25-17/h2-10,25-26H,1H3,(H,24,27)/b22-10+. The number of pyridine rings is 1. The van der Waals surface area contributed by atoms with Gasteiger partial charge in [0.15, 0.2) is 11.5 Å². The van der Waals surface area contributed by atoms with Crippen LogP contribution in [0.2, 0.25) is 5.15 Å². The van der Waals surface area contributed by atoms with Crippen LogP contribution in [0.15, 0.2) is 64.2 Å². The van der Waals surface area contributed by atoms with E-state index in [1.165, 1.54) is 24.4 Å². The lowest BCUT2D eigenvalue weighted by atomic mass is 10.1. The smallest absolute Gasteiger partial charge is 0.292 e. The number of hydrogen-bond donors (Lipinski definition) is 3. The number of hydrogen-bond acceptors (Lipinski definition) is 7. The molecule has 2 heterocycles. The molecule has 3 N–H and O–H groups in total. The number of rotatable bonds is 4. The van der Waals surface area contributed by atoms with Gasteiger partial charge in [0.05, 0.1) is 23.7 Å². The third kappa shape index (κ3) is 3.90. The summed E-state index contributed by atoms with van der Waals surface area (Å²) in [6.45, 7) is 0. The molecule has 0 spiro atoms. The van der Waals surface area contributed by atoms with Crippen molar-refractivity contribution in [1.29, 1.82) is 0 Å². The molecule has 0 radical (unpaired) electrons. The maximum atomic E-state index is 12.4. The molecule has 0 fully saturated rings. The van der Waals surface area contributed by atoms with Crippen LogP contribution in [0.3, 0.4) is 0 Å². The van der Waals surface area contributed by atoms with Gasteiger partial charge in [0.25, 0.3) is 15.9 Å². The summed E-state index contributed by atoms with van der Waals surface area (Å²) in [5.41, 5.74) is 2.72. The molecule has 0 aliphatic carbocycles. The molecule has 2 aromatic carbocycles. The molecule has 0 bridgehead atoms. The van der Waals surface area contributed by atoms with Crippen molar-refractivity contribution >= 4 is 50.4 Å². The van der Waals surface area contributed by atoms with Crippen molar-refractivity contribution in [2.75, 3.05) is 7.11 Å². The second-order valence-electron chi connectivity index (χ2n) is 6.45. The fraction of sp³-hybridized carbons (Fsp3) is 0.0500. The van der Waals surface area contributed by atoms with Gasteiger partial charge in [0, 0.05) is 16.5 Å². The summed E-state index contributed by atoms with van der Waals surface area (Å²) < 4.78 is 31.9. The van der Waals surface area contributed by atoms with Crippen LogP contribution in [0.4, 0.5) is 0 Å². The maximum Gasteiger partial charge on any atom is 0.292 e. The van der Waals surface area contributed by atoms with Crippen molar-refractivity contribution in [3.63, 3.8) is 0 Å². The number of nitrogens with one attached hydrogen (secondary N) is 2. The number of ether oxygens (including phenoxy) is 1. The molecule has 1 amide bonds. The first-order valence-electron chi connectivity index (χ1n) is 8.83. The molecule has 11 heteroatoms. The number of nitrogens with zero attached hydrogens (tertiary/aromatic N) is 2. The molecule has 31 heavy (non-hydrogen) atoms. The van der Waals surface area contributed by atoms with Gasteiger partial charge in [-0.3, -0.25) is 9.52 Å². The van der Waals surface area contributed by atoms with Crippen LogP contribution in [-0.2, 0) is 14.8 Å². The first kappa shape index (κ1) is 20.6. The van der Waals surface area contributed by atoms with Crippen LogP contribution in [-0.4, -0.2) is 37.7 Å². The molecule has 0 saturated heterocycles. The number of benzene rings is 2. The Bertz CT molecular complexity index is 1390. The second kappa shape index (κ2) is 7.89. The average molecular weight is 459 g/mol. The zero-order valence-corrected chi connectivity index (χ0v) is 17.5. The van der Waals surface area contributed by atoms with Crippen LogP contribution in [0.5, 0.6) is 5.75 Å². The Morgan fingerprint density at radius 3 is 2.81 bits per heavy atom. The van der Waals surface area contributed by atoms with Crippen LogP contribution in [0.25, 0.3) is 16.7 Å². The molecule has 0 unspecified atom stereocenters. The van der Waals surface area contributed by atoms with Gasteiger partial charge in [0.2, 0.25) is 0 Å². The fourth-order valence-corrected chi connectivity index (χ4v) is 4.48. The minimum Gasteiger partial charge on any atom is -0.505 e. The van der Waals surface area contributed by atoms with E-state index >= 15 is 0 Å². The van der Waals surface area contributed by atoms with E-state index in [-0.39, 0.29) is 15.6 Å². The lowest BCUT2D eigenvalue weighted by Gasteiger charge is -2.20. The Hall–Kier alpha value is -3.63. The Labute approximate surface area is 182 Å². The highest BCUT2D eigenvalue weighted by atomic mass is 35.5. The number of halogens is 1. The quantitative estimate of drug-likeness (QED) is 0.313.